The van der Waals surface area contributed by atoms with Crippen LogP contribution in [0.4, 0.5) is 4.79 Å². The van der Waals surface area contributed by atoms with Gasteiger partial charge in [0, 0.05) is 25.1 Å². The molecular weight excluding hydrogens is 925 g/mol. The first kappa shape index (κ1) is 56.7. The average Bonchev–Trinajstić information content (AvgIpc) is 4.14. The highest BCUT2D eigenvalue weighted by Crippen LogP contribution is 2.35. The zero-order chi connectivity index (χ0) is 49.4. The summed E-state index contributed by atoms with van der Waals surface area (Å²) in [4.78, 5) is 38.6. The number of allylic oxidation sites excluding steroid dienone is 1. The number of nitrogens with one attached hydrogen (secondary N) is 3. The maximum Gasteiger partial charge on any atom is 0.405 e. The number of esters is 1. The molecule has 67 heavy (non-hydrogen) atoms. The quantitative estimate of drug-likeness (QED) is 0.0768. The number of benzene rings is 2. The zero-order valence-electron chi connectivity index (χ0n) is 39.7. The van der Waals surface area contributed by atoms with Crippen LogP contribution in [0.5, 0.6) is 17.2 Å². The Labute approximate surface area is 404 Å². The van der Waals surface area contributed by atoms with Gasteiger partial charge in [-0.2, -0.15) is 4.31 Å². The minimum Gasteiger partial charge on any atom is -0.487 e. The Hall–Kier alpha value is -4.62. The Morgan fingerprint density at radius 1 is 1.06 bits per heavy atom. The fraction of sp³-hybridized carbons (Fsp3) is 0.553. The van der Waals surface area contributed by atoms with E-state index in [1.807, 2.05) is 59.3 Å². The molecule has 3 unspecified atom stereocenters. The van der Waals surface area contributed by atoms with E-state index >= 15 is 0 Å². The molecule has 2 aromatic rings. The molecule has 4 N–H and O–H groups in total. The number of nitrogens with zero attached hydrogens (tertiary/aromatic N) is 1. The molecular formula is C47H68N4O13S3. The van der Waals surface area contributed by atoms with E-state index in [1.165, 1.54) is 42.8 Å². The Morgan fingerprint density at radius 2 is 1.73 bits per heavy atom. The molecule has 372 valence electrons. The number of fused-ring (bicyclic) bond motifs is 2. The molecule has 6 rings (SSSR count). The lowest BCUT2D eigenvalue weighted by atomic mass is 10.0. The van der Waals surface area contributed by atoms with Gasteiger partial charge in [0.1, 0.15) is 31.7 Å². The molecule has 0 spiro atoms. The smallest absolute Gasteiger partial charge is 0.405 e. The Balaban J connectivity index is 0.000000791. The number of carboxylic acid groups (broad SMARTS) is 1. The number of sulfonamides is 1. The second kappa shape index (κ2) is 30.0. The molecule has 17 nitrogen and oxygen atoms in total. The van der Waals surface area contributed by atoms with E-state index in [4.69, 9.17) is 33.2 Å². The summed E-state index contributed by atoms with van der Waals surface area (Å²) in [5.74, 6) is 2.70. The van der Waals surface area contributed by atoms with Crippen molar-refractivity contribution in [1.29, 1.82) is 0 Å². The SMILES string of the molecule is C#CC.C/C=C(/CNC(=O)COCC(=O)OC(CN(CC(C)C)S(=O)(=O)c1ccc2c(c1)OCO2)C(Cc1ccc(OCC2=CSC(C)N2)cc1)NC(=O)O)SC.C1CC2CCOC2O1.CC. The van der Waals surface area contributed by atoms with Gasteiger partial charge in [-0.1, -0.05) is 45.9 Å². The summed E-state index contributed by atoms with van der Waals surface area (Å²) in [6, 6.07) is 10.1. The third-order valence-corrected chi connectivity index (χ3v) is 13.7. The highest BCUT2D eigenvalue weighted by molar-refractivity contribution is 8.03. The van der Waals surface area contributed by atoms with Crippen molar-refractivity contribution in [3.63, 3.8) is 0 Å². The number of carbonyl (C=O) groups is 3. The van der Waals surface area contributed by atoms with Gasteiger partial charge in [-0.25, -0.2) is 18.0 Å². The summed E-state index contributed by atoms with van der Waals surface area (Å²) in [5, 5.41) is 20.6. The zero-order valence-corrected chi connectivity index (χ0v) is 42.2. The van der Waals surface area contributed by atoms with Gasteiger partial charge in [-0.05, 0) is 92.3 Å². The predicted molar refractivity (Wildman–Crippen MR) is 260 cm³/mol. The van der Waals surface area contributed by atoms with E-state index < -0.39 is 59.9 Å². The fourth-order valence-electron chi connectivity index (χ4n) is 6.84. The molecule has 2 amide bonds. The molecule has 0 radical (unpaired) electrons. The molecule has 2 fully saturated rings. The summed E-state index contributed by atoms with van der Waals surface area (Å²) in [7, 11) is -4.24. The topological polar surface area (TPSA) is 210 Å². The monoisotopic (exact) mass is 992 g/mol. The number of carbonyl (C=O) groups excluding carboxylic acids is 2. The molecule has 4 aliphatic heterocycles. The lowest BCUT2D eigenvalue weighted by Gasteiger charge is -2.32. The van der Waals surface area contributed by atoms with Gasteiger partial charge < -0.3 is 54.2 Å². The van der Waals surface area contributed by atoms with Crippen LogP contribution in [-0.4, -0.2) is 125 Å². The van der Waals surface area contributed by atoms with Crippen molar-refractivity contribution in [1.82, 2.24) is 20.3 Å². The van der Waals surface area contributed by atoms with E-state index in [-0.39, 0.29) is 48.0 Å². The van der Waals surface area contributed by atoms with E-state index in [0.29, 0.717) is 30.2 Å². The Bertz CT molecular complexity index is 2060. The highest BCUT2D eigenvalue weighted by atomic mass is 32.2. The molecule has 4 heterocycles. The van der Waals surface area contributed by atoms with Crippen LogP contribution in [0.1, 0.15) is 66.9 Å². The van der Waals surface area contributed by atoms with E-state index in [2.05, 4.69) is 28.3 Å². The second-order valence-corrected chi connectivity index (χ2v) is 19.6. The fourth-order valence-corrected chi connectivity index (χ4v) is 9.65. The normalized spacial score (nSPS) is 18.8. The first-order valence-electron chi connectivity index (χ1n) is 22.2. The Kier molecular flexibility index (Phi) is 25.4. The molecule has 20 heteroatoms. The molecule has 0 aliphatic carbocycles. The predicted octanol–water partition coefficient (Wildman–Crippen LogP) is 6.59. The lowest BCUT2D eigenvalue weighted by Crippen LogP contribution is -2.52. The molecule has 0 saturated carbocycles. The first-order valence-corrected chi connectivity index (χ1v) is 25.8. The van der Waals surface area contributed by atoms with Crippen LogP contribution in [0.3, 0.4) is 0 Å². The van der Waals surface area contributed by atoms with Crippen LogP contribution in [0.2, 0.25) is 0 Å². The van der Waals surface area contributed by atoms with Crippen LogP contribution >= 0.6 is 23.5 Å². The van der Waals surface area contributed by atoms with Crippen LogP contribution in [0, 0.1) is 24.2 Å². The van der Waals surface area contributed by atoms with Gasteiger partial charge in [0.2, 0.25) is 22.7 Å². The number of rotatable bonds is 21. The van der Waals surface area contributed by atoms with Gasteiger partial charge >= 0.3 is 12.1 Å². The number of hydrogen-bond donors (Lipinski definition) is 4. The van der Waals surface area contributed by atoms with Gasteiger partial charge in [0.15, 0.2) is 17.8 Å². The number of ether oxygens (including phenoxy) is 7. The average molecular weight is 993 g/mol. The van der Waals surface area contributed by atoms with Gasteiger partial charge in [0.25, 0.3) is 0 Å². The van der Waals surface area contributed by atoms with Crippen molar-refractivity contribution in [2.45, 2.75) is 96.4 Å². The number of hydrogen-bond acceptors (Lipinski definition) is 15. The third kappa shape index (κ3) is 19.5. The van der Waals surface area contributed by atoms with Crippen molar-refractivity contribution in [3.05, 3.63) is 70.1 Å². The van der Waals surface area contributed by atoms with Crippen LogP contribution in [0.15, 0.2) is 69.4 Å². The highest BCUT2D eigenvalue weighted by Gasteiger charge is 2.36. The molecule has 4 aliphatic rings. The third-order valence-electron chi connectivity index (χ3n) is 9.97. The van der Waals surface area contributed by atoms with Crippen LogP contribution < -0.4 is 30.2 Å². The summed E-state index contributed by atoms with van der Waals surface area (Å²) in [6.45, 7) is 14.2. The van der Waals surface area contributed by atoms with Crippen molar-refractivity contribution in [3.8, 4) is 29.6 Å². The van der Waals surface area contributed by atoms with E-state index in [0.717, 1.165) is 34.0 Å². The summed E-state index contributed by atoms with van der Waals surface area (Å²) >= 11 is 3.15. The molecule has 0 aromatic heterocycles. The minimum atomic E-state index is -4.24. The first-order chi connectivity index (χ1) is 32.1. The molecule has 2 aromatic carbocycles. The summed E-state index contributed by atoms with van der Waals surface area (Å²) in [5.41, 5.74) is 1.62. The molecule has 2 saturated heterocycles. The number of amides is 2. The summed E-state index contributed by atoms with van der Waals surface area (Å²) < 4.78 is 67.8. The minimum absolute atomic E-state index is 0.0140. The maximum atomic E-state index is 14.2. The van der Waals surface area contributed by atoms with Gasteiger partial charge in [-0.3, -0.25) is 4.79 Å². The van der Waals surface area contributed by atoms with Crippen molar-refractivity contribution >= 4 is 51.5 Å². The Morgan fingerprint density at radius 3 is 2.31 bits per heavy atom. The molecule has 0 bridgehead atoms. The summed E-state index contributed by atoms with van der Waals surface area (Å²) in [6.07, 6.45) is 8.24. The standard InChI is InChI=1S/C36H48N4O11S3.C6H10O2.C3H4.C2H6/c1-6-28(52-5)15-37-34(41)19-47-20-35(42)51-33(17-40(16-23(2)3)54(45,46)29-11-12-31-32(14-29)50-22-49-31)30(39-36(43)44)13-25-7-9-27(10-8-25)48-18-26-21-53-24(4)38-26;1-3-7-6-5(1)2-4-8-6;1-3-2;1-2/h6-12,14,21,23-24,30,33,38-39H,13,15-20,22H2,1-5H3,(H,37,41)(H,43,44);5-6H,1-4H2;1H,2H3;1-2H3/b28-6-;;;. The largest absolute Gasteiger partial charge is 0.487 e. The lowest BCUT2D eigenvalue weighted by molar-refractivity contribution is -0.157. The van der Waals surface area contributed by atoms with Gasteiger partial charge in [0.05, 0.1) is 41.8 Å². The van der Waals surface area contributed by atoms with Crippen molar-refractivity contribution < 1.29 is 61.1 Å². The van der Waals surface area contributed by atoms with Crippen molar-refractivity contribution in [2.75, 3.05) is 65.7 Å². The van der Waals surface area contributed by atoms with Crippen LogP contribution in [-0.2, 0) is 45.0 Å². The number of thioether (sulfide) groups is 2. The van der Waals surface area contributed by atoms with Gasteiger partial charge in [-0.15, -0.1) is 35.9 Å². The molecule has 3 atom stereocenters. The van der Waals surface area contributed by atoms with Crippen molar-refractivity contribution in [2.24, 2.45) is 11.8 Å². The van der Waals surface area contributed by atoms with E-state index in [9.17, 15) is 27.9 Å². The maximum absolute atomic E-state index is 14.2. The van der Waals surface area contributed by atoms with E-state index in [1.54, 1.807) is 43.0 Å². The second-order valence-electron chi connectivity index (χ2n) is 15.5. The number of terminal acetylenes is 1. The van der Waals surface area contributed by atoms with Crippen LogP contribution in [0.25, 0.3) is 0 Å².